The maximum atomic E-state index is 8.77. The van der Waals surface area contributed by atoms with Crippen molar-refractivity contribution in [2.75, 3.05) is 33.2 Å². The Hall–Kier alpha value is -0.757. The van der Waals surface area contributed by atoms with Crippen molar-refractivity contribution in [1.29, 1.82) is 5.39 Å². The summed E-state index contributed by atoms with van der Waals surface area (Å²) in [7, 11) is 6.88. The molecule has 0 N–H and O–H groups in total. The standard InChI is InChI=1S/C10H14N3O2.2ClH.Zn/c1-13(2)8-6-9(14-3)7(12-11)5-10(8)15-4;;;/h5-6H,1-4H3;2*1H;/q+1;;;+1/p-2. The second-order valence-corrected chi connectivity index (χ2v) is 3.19. The van der Waals surface area contributed by atoms with E-state index in [4.69, 9.17) is 14.9 Å². The van der Waals surface area contributed by atoms with E-state index in [1.54, 1.807) is 19.2 Å². The molecule has 0 aromatic heterocycles. The molecule has 0 aliphatic rings. The Kier molecular flexibility index (Phi) is 12.7. The molecule has 1 radical (unpaired) electrons. The van der Waals surface area contributed by atoms with Gasteiger partial charge in [-0.2, -0.15) is 0 Å². The Labute approximate surface area is 132 Å². The summed E-state index contributed by atoms with van der Waals surface area (Å²) in [5.74, 6) is 1.13. The molecular weight excluding hydrogens is 330 g/mol. The van der Waals surface area contributed by atoms with Crippen LogP contribution >= 0.6 is 0 Å². The first-order valence-electron chi connectivity index (χ1n) is 4.42. The number of rotatable bonds is 3. The summed E-state index contributed by atoms with van der Waals surface area (Å²) in [5, 5.41) is 8.77. The van der Waals surface area contributed by atoms with Crippen LogP contribution in [0, 0.1) is 5.39 Å². The molecule has 0 aliphatic heterocycles. The monoisotopic (exact) mass is 342 g/mol. The van der Waals surface area contributed by atoms with Crippen molar-refractivity contribution in [2.24, 2.45) is 0 Å². The van der Waals surface area contributed by atoms with Crippen LogP contribution < -0.4 is 39.2 Å². The summed E-state index contributed by atoms with van der Waals surface area (Å²) in [6.07, 6.45) is 0. The van der Waals surface area contributed by atoms with Crippen molar-refractivity contribution in [3.05, 3.63) is 17.1 Å². The summed E-state index contributed by atoms with van der Waals surface area (Å²) in [4.78, 5) is 5.02. The normalized spacial score (nSPS) is 7.72. The van der Waals surface area contributed by atoms with E-state index in [-0.39, 0.29) is 44.3 Å². The summed E-state index contributed by atoms with van der Waals surface area (Å²) in [6, 6.07) is 3.38. The molecule has 0 unspecified atom stereocenters. The van der Waals surface area contributed by atoms with Crippen LogP contribution in [0.15, 0.2) is 12.1 Å². The minimum atomic E-state index is 0. The van der Waals surface area contributed by atoms with Gasteiger partial charge in [0.2, 0.25) is 11.1 Å². The summed E-state index contributed by atoms with van der Waals surface area (Å²) in [5.41, 5.74) is 1.21. The first-order chi connectivity index (χ1) is 7.13. The molecular formula is C10H14Cl2N3O2Zn. The van der Waals surface area contributed by atoms with Gasteiger partial charge in [0.15, 0.2) is 10.7 Å². The largest absolute Gasteiger partial charge is 1.00 e. The average molecular weight is 345 g/mol. The molecule has 0 fully saturated rings. The molecule has 0 saturated carbocycles. The van der Waals surface area contributed by atoms with E-state index in [1.165, 1.54) is 7.11 Å². The summed E-state index contributed by atoms with van der Waals surface area (Å²) >= 11 is 0. The van der Waals surface area contributed by atoms with Crippen LogP contribution in [-0.4, -0.2) is 28.3 Å². The Morgan fingerprint density at radius 2 is 1.56 bits per heavy atom. The predicted molar refractivity (Wildman–Crippen MR) is 58.6 cm³/mol. The van der Waals surface area contributed by atoms with E-state index in [2.05, 4.69) is 4.98 Å². The van der Waals surface area contributed by atoms with Crippen LogP contribution in [0.25, 0.3) is 4.98 Å². The molecule has 0 saturated heterocycles. The topological polar surface area (TPSA) is 49.9 Å². The van der Waals surface area contributed by atoms with Crippen LogP contribution in [0.4, 0.5) is 11.4 Å². The number of methoxy groups -OCH3 is 2. The quantitative estimate of drug-likeness (QED) is 0.418. The number of benzene rings is 1. The number of diazo groups is 1. The molecule has 18 heavy (non-hydrogen) atoms. The number of anilines is 1. The number of hydrogen-bond donors (Lipinski definition) is 0. The molecule has 1 aromatic carbocycles. The van der Waals surface area contributed by atoms with Crippen LogP contribution in [0.5, 0.6) is 11.5 Å². The average Bonchev–Trinajstić information content (AvgIpc) is 2.26. The number of hydrogen-bond acceptors (Lipinski definition) is 4. The molecule has 1 rings (SSSR count). The van der Waals surface area contributed by atoms with Gasteiger partial charge in [-0.25, -0.2) is 0 Å². The first-order valence-corrected chi connectivity index (χ1v) is 4.42. The smallest absolute Gasteiger partial charge is 1.00 e. The molecule has 0 atom stereocenters. The van der Waals surface area contributed by atoms with Crippen LogP contribution in [0.3, 0.4) is 0 Å². The third-order valence-corrected chi connectivity index (χ3v) is 2.07. The molecule has 8 heteroatoms. The van der Waals surface area contributed by atoms with Crippen molar-refractivity contribution in [3.8, 4) is 11.5 Å². The van der Waals surface area contributed by atoms with Gasteiger partial charge in [0.25, 0.3) is 0 Å². The zero-order valence-corrected chi connectivity index (χ0v) is 15.3. The zero-order chi connectivity index (χ0) is 11.4. The zero-order valence-electron chi connectivity index (χ0n) is 10.8. The van der Waals surface area contributed by atoms with Gasteiger partial charge in [0.1, 0.15) is 0 Å². The van der Waals surface area contributed by atoms with Crippen molar-refractivity contribution >= 4 is 11.4 Å². The summed E-state index contributed by atoms with van der Waals surface area (Å²) in [6.45, 7) is 0. The third kappa shape index (κ3) is 4.85. The Balaban J connectivity index is -0.000000750. The summed E-state index contributed by atoms with van der Waals surface area (Å²) < 4.78 is 10.3. The predicted octanol–water partition coefficient (Wildman–Crippen LogP) is -3.74. The fraction of sp³-hybridized carbons (Fsp3) is 0.400. The number of nitrogens with zero attached hydrogens (tertiary/aromatic N) is 3. The van der Waals surface area contributed by atoms with E-state index in [0.717, 1.165) is 5.69 Å². The van der Waals surface area contributed by atoms with Gasteiger partial charge in [-0.05, 0) is 0 Å². The third-order valence-electron chi connectivity index (χ3n) is 2.07. The second-order valence-electron chi connectivity index (χ2n) is 3.19. The van der Waals surface area contributed by atoms with E-state index in [0.29, 0.717) is 17.2 Å². The molecule has 0 aliphatic carbocycles. The van der Waals surface area contributed by atoms with E-state index >= 15 is 0 Å². The maximum absolute atomic E-state index is 8.77. The molecule has 1 aromatic rings. The molecule has 0 amide bonds. The van der Waals surface area contributed by atoms with Crippen LogP contribution in [-0.2, 0) is 19.5 Å². The molecule has 0 bridgehead atoms. The van der Waals surface area contributed by atoms with Gasteiger partial charge in [-0.15, -0.1) is 0 Å². The van der Waals surface area contributed by atoms with Gasteiger partial charge in [0, 0.05) is 20.2 Å². The Bertz CT molecular complexity index is 411. The minimum Gasteiger partial charge on any atom is -1.00 e. The van der Waals surface area contributed by atoms with Crippen molar-refractivity contribution in [3.63, 3.8) is 0 Å². The van der Waals surface area contributed by atoms with Crippen LogP contribution in [0.2, 0.25) is 0 Å². The van der Waals surface area contributed by atoms with Gasteiger partial charge >= 0.3 is 25.2 Å². The van der Waals surface area contributed by atoms with Crippen molar-refractivity contribution < 1.29 is 53.8 Å². The van der Waals surface area contributed by atoms with Crippen molar-refractivity contribution in [2.45, 2.75) is 0 Å². The minimum absolute atomic E-state index is 0. The fourth-order valence-corrected chi connectivity index (χ4v) is 1.29. The second kappa shape index (κ2) is 10.2. The van der Waals surface area contributed by atoms with E-state index in [1.807, 2.05) is 19.0 Å². The van der Waals surface area contributed by atoms with E-state index < -0.39 is 0 Å². The van der Waals surface area contributed by atoms with Gasteiger partial charge in [-0.1, -0.05) is 0 Å². The Morgan fingerprint density at radius 1 is 1.06 bits per heavy atom. The molecule has 0 heterocycles. The SMILES string of the molecule is COc1cc(N(C)C)c(OC)cc1[N+]#N.[Cl-].[Cl-].[Zn+]. The van der Waals surface area contributed by atoms with Gasteiger partial charge in [0.05, 0.1) is 26.0 Å². The molecule has 0 spiro atoms. The maximum Gasteiger partial charge on any atom is 1.00 e. The van der Waals surface area contributed by atoms with Gasteiger partial charge < -0.3 is 39.2 Å². The number of halogens is 2. The first kappa shape index (κ1) is 22.4. The Morgan fingerprint density at radius 3 is 1.89 bits per heavy atom. The fourth-order valence-electron chi connectivity index (χ4n) is 1.29. The molecule has 97 valence electrons. The van der Waals surface area contributed by atoms with E-state index in [9.17, 15) is 0 Å². The number of ether oxygens (including phenoxy) is 2. The van der Waals surface area contributed by atoms with Crippen LogP contribution in [0.1, 0.15) is 0 Å². The van der Waals surface area contributed by atoms with Gasteiger partial charge in [-0.3, -0.25) is 0 Å². The molecule has 5 nitrogen and oxygen atoms in total. The van der Waals surface area contributed by atoms with Crippen molar-refractivity contribution in [1.82, 2.24) is 0 Å².